The maximum atomic E-state index is 12.6. The highest BCUT2D eigenvalue weighted by Gasteiger charge is 2.52. The molecule has 1 heterocycles. The molecule has 24 heavy (non-hydrogen) atoms. The molecule has 0 bridgehead atoms. The zero-order chi connectivity index (χ0) is 17.4. The van der Waals surface area contributed by atoms with Crippen molar-refractivity contribution in [1.82, 2.24) is 9.80 Å². The number of likely N-dealkylation sites (tertiary alicyclic amines) is 1. The predicted molar refractivity (Wildman–Crippen MR) is 98.0 cm³/mol. The van der Waals surface area contributed by atoms with Crippen molar-refractivity contribution in [2.24, 2.45) is 11.8 Å². The summed E-state index contributed by atoms with van der Waals surface area (Å²) in [5, 5.41) is 0. The van der Waals surface area contributed by atoms with Gasteiger partial charge in [0.1, 0.15) is 6.54 Å². The van der Waals surface area contributed by atoms with Gasteiger partial charge in [-0.05, 0) is 25.7 Å². The number of amides is 3. The average Bonchev–Trinajstić information content (AvgIpc) is 2.80. The molecule has 5 nitrogen and oxygen atoms in total. The molecule has 1 aliphatic heterocycles. The molecule has 0 spiro atoms. The Labute approximate surface area is 159 Å². The van der Waals surface area contributed by atoms with Gasteiger partial charge in [-0.25, -0.2) is 0 Å². The number of halogens is 2. The summed E-state index contributed by atoms with van der Waals surface area (Å²) in [6, 6.07) is 0.250. The maximum absolute atomic E-state index is 12.6. The Bertz CT molecular complexity index is 508. The second-order valence-corrected chi connectivity index (χ2v) is 9.63. The maximum Gasteiger partial charge on any atom is 0.242 e. The van der Waals surface area contributed by atoms with E-state index in [1.54, 1.807) is 11.9 Å². The van der Waals surface area contributed by atoms with Crippen LogP contribution in [0.1, 0.15) is 44.9 Å². The first-order chi connectivity index (χ1) is 11.4. The summed E-state index contributed by atoms with van der Waals surface area (Å²) >= 11 is 7.16. The highest BCUT2D eigenvalue weighted by Crippen LogP contribution is 2.43. The van der Waals surface area contributed by atoms with Gasteiger partial charge in [-0.15, -0.1) is 0 Å². The number of alkyl halides is 2. The van der Waals surface area contributed by atoms with Crippen LogP contribution in [0.3, 0.4) is 0 Å². The highest BCUT2D eigenvalue weighted by molar-refractivity contribution is 9.12. The molecule has 134 valence electrons. The number of hydrogen-bond acceptors (Lipinski definition) is 3. The van der Waals surface area contributed by atoms with E-state index in [9.17, 15) is 14.4 Å². The second-order valence-electron chi connectivity index (χ2n) is 7.28. The largest absolute Gasteiger partial charge is 0.341 e. The standard InChI is InChI=1S/C17H24Br2N2O3/c1-20(10-5-3-2-4-6-10)15(22)9-21-16(23)11-7-13(18)14(19)8-12(11)17(21)24/h10-14H,2-9H2,1H3/t11-,12+,13+,14-. The van der Waals surface area contributed by atoms with E-state index in [4.69, 9.17) is 0 Å². The smallest absolute Gasteiger partial charge is 0.242 e. The number of nitrogens with zero attached hydrogens (tertiary/aromatic N) is 2. The number of imide groups is 1. The number of likely N-dealkylation sites (N-methyl/N-ethyl adjacent to an activating group) is 1. The van der Waals surface area contributed by atoms with Gasteiger partial charge in [-0.2, -0.15) is 0 Å². The van der Waals surface area contributed by atoms with Crippen molar-refractivity contribution < 1.29 is 14.4 Å². The molecule has 3 amide bonds. The van der Waals surface area contributed by atoms with Gasteiger partial charge in [0.05, 0.1) is 11.8 Å². The Kier molecular flexibility index (Phi) is 5.69. The second kappa shape index (κ2) is 7.44. The van der Waals surface area contributed by atoms with Gasteiger partial charge >= 0.3 is 0 Å². The molecular formula is C17H24Br2N2O3. The molecular weight excluding hydrogens is 440 g/mol. The summed E-state index contributed by atoms with van der Waals surface area (Å²) in [5.74, 6) is -1.00. The van der Waals surface area contributed by atoms with Gasteiger partial charge in [-0.1, -0.05) is 51.1 Å². The van der Waals surface area contributed by atoms with E-state index in [2.05, 4.69) is 31.9 Å². The first kappa shape index (κ1) is 18.4. The topological polar surface area (TPSA) is 57.7 Å². The van der Waals surface area contributed by atoms with Gasteiger partial charge in [0.25, 0.3) is 0 Å². The van der Waals surface area contributed by atoms with Crippen LogP contribution in [0.2, 0.25) is 0 Å². The van der Waals surface area contributed by atoms with Crippen molar-refractivity contribution in [2.75, 3.05) is 13.6 Å². The van der Waals surface area contributed by atoms with Crippen molar-refractivity contribution in [3.63, 3.8) is 0 Å². The molecule has 0 aromatic carbocycles. The lowest BCUT2D eigenvalue weighted by Crippen LogP contribution is -2.46. The van der Waals surface area contributed by atoms with Crippen molar-refractivity contribution in [2.45, 2.75) is 60.6 Å². The minimum absolute atomic E-state index is 0.0996. The number of hydrogen-bond donors (Lipinski definition) is 0. The number of carbonyl (C=O) groups excluding carboxylic acids is 3. The summed E-state index contributed by atoms with van der Waals surface area (Å²) in [6.45, 7) is -0.0996. The average molecular weight is 464 g/mol. The van der Waals surface area contributed by atoms with E-state index in [1.807, 2.05) is 0 Å². The summed E-state index contributed by atoms with van der Waals surface area (Å²) in [5.41, 5.74) is 0. The van der Waals surface area contributed by atoms with E-state index >= 15 is 0 Å². The van der Waals surface area contributed by atoms with Crippen LogP contribution in [0.15, 0.2) is 0 Å². The van der Waals surface area contributed by atoms with E-state index in [0.29, 0.717) is 12.8 Å². The van der Waals surface area contributed by atoms with Crippen molar-refractivity contribution in [3.05, 3.63) is 0 Å². The molecule has 3 aliphatic rings. The third kappa shape index (κ3) is 3.43. The summed E-state index contributed by atoms with van der Waals surface area (Å²) in [6.07, 6.45) is 6.85. The number of carbonyl (C=O) groups is 3. The monoisotopic (exact) mass is 462 g/mol. The van der Waals surface area contributed by atoms with Crippen LogP contribution >= 0.6 is 31.9 Å². The quantitative estimate of drug-likeness (QED) is 0.477. The zero-order valence-electron chi connectivity index (χ0n) is 13.9. The van der Waals surface area contributed by atoms with E-state index in [0.717, 1.165) is 25.7 Å². The van der Waals surface area contributed by atoms with E-state index in [1.165, 1.54) is 11.3 Å². The lowest BCUT2D eigenvalue weighted by molar-refractivity contribution is -0.147. The zero-order valence-corrected chi connectivity index (χ0v) is 17.1. The van der Waals surface area contributed by atoms with Crippen molar-refractivity contribution >= 4 is 49.6 Å². The van der Waals surface area contributed by atoms with E-state index in [-0.39, 0.29) is 51.8 Å². The van der Waals surface area contributed by atoms with Crippen molar-refractivity contribution in [1.29, 1.82) is 0 Å². The summed E-state index contributed by atoms with van der Waals surface area (Å²) in [7, 11) is 1.80. The molecule has 7 heteroatoms. The Morgan fingerprint density at radius 3 is 2.04 bits per heavy atom. The third-order valence-electron chi connectivity index (χ3n) is 5.81. The fourth-order valence-corrected chi connectivity index (χ4v) is 5.48. The Morgan fingerprint density at radius 2 is 1.54 bits per heavy atom. The van der Waals surface area contributed by atoms with Gasteiger partial charge in [-0.3, -0.25) is 19.3 Å². The number of rotatable bonds is 3. The molecule has 1 saturated heterocycles. The molecule has 3 rings (SSSR count). The van der Waals surface area contributed by atoms with Crippen LogP contribution in [0, 0.1) is 11.8 Å². The first-order valence-corrected chi connectivity index (χ1v) is 10.6. The molecule has 2 aliphatic carbocycles. The van der Waals surface area contributed by atoms with Crippen LogP contribution in [0.25, 0.3) is 0 Å². The Morgan fingerprint density at radius 1 is 1.04 bits per heavy atom. The molecule has 0 aromatic rings. The molecule has 0 unspecified atom stereocenters. The molecule has 2 saturated carbocycles. The number of fused-ring (bicyclic) bond motifs is 1. The predicted octanol–water partition coefficient (Wildman–Crippen LogP) is 2.70. The van der Waals surface area contributed by atoms with E-state index < -0.39 is 0 Å². The SMILES string of the molecule is CN(C(=O)CN1C(=O)[C@H]2C[C@@H](Br)[C@@H](Br)C[C@H]2C1=O)C1CCCCC1. The molecule has 3 fully saturated rings. The van der Waals surface area contributed by atoms with Crippen molar-refractivity contribution in [3.8, 4) is 0 Å². The molecule has 4 atom stereocenters. The molecule has 0 aromatic heterocycles. The van der Waals surface area contributed by atoms with Crippen LogP contribution in [-0.2, 0) is 14.4 Å². The minimum Gasteiger partial charge on any atom is -0.341 e. The third-order valence-corrected chi connectivity index (χ3v) is 8.55. The van der Waals surface area contributed by atoms with Gasteiger partial charge in [0, 0.05) is 22.7 Å². The molecule has 0 N–H and O–H groups in total. The summed E-state index contributed by atoms with van der Waals surface area (Å²) < 4.78 is 0. The van der Waals surface area contributed by atoms with Gasteiger partial charge in [0.2, 0.25) is 17.7 Å². The van der Waals surface area contributed by atoms with Gasteiger partial charge < -0.3 is 4.90 Å². The Hall–Kier alpha value is -0.430. The normalized spacial score (nSPS) is 34.4. The van der Waals surface area contributed by atoms with Crippen LogP contribution in [0.4, 0.5) is 0 Å². The fraction of sp³-hybridized carbons (Fsp3) is 0.824. The van der Waals surface area contributed by atoms with Crippen LogP contribution in [0.5, 0.6) is 0 Å². The lowest BCUT2D eigenvalue weighted by atomic mass is 9.81. The highest BCUT2D eigenvalue weighted by atomic mass is 79.9. The minimum atomic E-state index is -0.275. The Balaban J connectivity index is 1.65. The summed E-state index contributed by atoms with van der Waals surface area (Å²) in [4.78, 5) is 41.2. The molecule has 0 radical (unpaired) electrons. The fourth-order valence-electron chi connectivity index (χ4n) is 4.24. The van der Waals surface area contributed by atoms with Crippen LogP contribution < -0.4 is 0 Å². The van der Waals surface area contributed by atoms with Gasteiger partial charge in [0.15, 0.2) is 0 Å². The van der Waals surface area contributed by atoms with Crippen LogP contribution in [-0.4, -0.2) is 56.8 Å². The first-order valence-electron chi connectivity index (χ1n) is 8.79. The lowest BCUT2D eigenvalue weighted by Gasteiger charge is -2.32.